The molecule has 3 aromatic rings. The van der Waals surface area contributed by atoms with E-state index in [0.29, 0.717) is 18.5 Å². The molecule has 1 amide bonds. The quantitative estimate of drug-likeness (QED) is 0.585. The van der Waals surface area contributed by atoms with Gasteiger partial charge in [-0.3, -0.25) is 14.7 Å². The maximum atomic E-state index is 12.4. The average Bonchev–Trinajstić information content (AvgIpc) is 3.02. The number of carbonyl (C=O) groups is 1. The number of nitrogens with one attached hydrogen (secondary N) is 2. The van der Waals surface area contributed by atoms with Crippen LogP contribution in [0.25, 0.3) is 5.65 Å². The molecule has 0 saturated heterocycles. The summed E-state index contributed by atoms with van der Waals surface area (Å²) in [6.07, 6.45) is 1.38. The van der Waals surface area contributed by atoms with Crippen molar-refractivity contribution in [3.05, 3.63) is 69.3 Å². The van der Waals surface area contributed by atoms with Crippen molar-refractivity contribution in [1.29, 1.82) is 0 Å². The lowest BCUT2D eigenvalue weighted by atomic mass is 10.0. The Labute approximate surface area is 157 Å². The number of hydrogen-bond acceptors (Lipinski definition) is 4. The first-order valence-electron chi connectivity index (χ1n) is 9.00. The lowest BCUT2D eigenvalue weighted by Gasteiger charge is -2.17. The van der Waals surface area contributed by atoms with Gasteiger partial charge < -0.3 is 10.4 Å². The summed E-state index contributed by atoms with van der Waals surface area (Å²) in [4.78, 5) is 28.3. The van der Waals surface area contributed by atoms with Crippen LogP contribution in [0.2, 0.25) is 0 Å². The van der Waals surface area contributed by atoms with E-state index in [4.69, 9.17) is 0 Å². The Balaban J connectivity index is 1.64. The predicted molar refractivity (Wildman–Crippen MR) is 103 cm³/mol. The first-order chi connectivity index (χ1) is 13.0. The zero-order valence-corrected chi connectivity index (χ0v) is 15.5. The van der Waals surface area contributed by atoms with Gasteiger partial charge in [0.1, 0.15) is 0 Å². The Kier molecular flexibility index (Phi) is 5.71. The summed E-state index contributed by atoms with van der Waals surface area (Å²) in [6.45, 7) is 3.66. The van der Waals surface area contributed by atoms with Crippen LogP contribution >= 0.6 is 0 Å². The van der Waals surface area contributed by atoms with Crippen molar-refractivity contribution in [2.75, 3.05) is 6.61 Å². The summed E-state index contributed by atoms with van der Waals surface area (Å²) < 4.78 is 1.65. The van der Waals surface area contributed by atoms with Gasteiger partial charge >= 0.3 is 0 Å². The number of benzene rings is 1. The minimum absolute atomic E-state index is 0.114. The van der Waals surface area contributed by atoms with E-state index >= 15 is 0 Å². The molecular weight excluding hydrogens is 344 g/mol. The Bertz CT molecular complexity index is 992. The van der Waals surface area contributed by atoms with Crippen LogP contribution in [0, 0.1) is 13.8 Å². The van der Waals surface area contributed by atoms with Crippen LogP contribution in [0.15, 0.2) is 41.2 Å². The van der Waals surface area contributed by atoms with Crippen LogP contribution in [-0.4, -0.2) is 38.3 Å². The van der Waals surface area contributed by atoms with E-state index in [1.165, 1.54) is 6.07 Å². The standard InChI is InChI=1S/C20H24N4O3/c1-13-17(14(2)24-18(21-13)11-20(27)23-24)8-9-19(26)22-16(12-25)10-15-6-4-3-5-7-15/h3-7,11,16,25H,8-10,12H2,1-2H3,(H,22,26)(H,23,27)/t16-/m0/s1. The van der Waals surface area contributed by atoms with Crippen LogP contribution in [0.4, 0.5) is 0 Å². The second kappa shape index (κ2) is 8.18. The highest BCUT2D eigenvalue weighted by Gasteiger charge is 2.15. The summed E-state index contributed by atoms with van der Waals surface area (Å²) in [5.74, 6) is -0.120. The van der Waals surface area contributed by atoms with Crippen LogP contribution in [0.1, 0.15) is 28.9 Å². The molecule has 0 bridgehead atoms. The first kappa shape index (κ1) is 18.8. The first-order valence-corrected chi connectivity index (χ1v) is 9.00. The van der Waals surface area contributed by atoms with Crippen molar-refractivity contribution in [1.82, 2.24) is 19.9 Å². The SMILES string of the molecule is Cc1nc2cc(=O)[nH]n2c(C)c1CCC(=O)N[C@H](CO)Cc1ccccc1. The summed E-state index contributed by atoms with van der Waals surface area (Å²) in [6, 6.07) is 10.9. The number of aliphatic hydroxyl groups excluding tert-OH is 1. The van der Waals surface area contributed by atoms with Gasteiger partial charge in [0.05, 0.1) is 12.6 Å². The Hall–Kier alpha value is -2.93. The third kappa shape index (κ3) is 4.43. The molecule has 7 nitrogen and oxygen atoms in total. The van der Waals surface area contributed by atoms with E-state index in [-0.39, 0.29) is 30.5 Å². The van der Waals surface area contributed by atoms with Crippen molar-refractivity contribution >= 4 is 11.6 Å². The molecule has 0 fully saturated rings. The van der Waals surface area contributed by atoms with E-state index in [2.05, 4.69) is 15.4 Å². The highest BCUT2D eigenvalue weighted by Crippen LogP contribution is 2.15. The van der Waals surface area contributed by atoms with Crippen molar-refractivity contribution in [2.24, 2.45) is 0 Å². The van der Waals surface area contributed by atoms with Gasteiger partial charge in [-0.15, -0.1) is 0 Å². The number of aryl methyl sites for hydroxylation is 2. The van der Waals surface area contributed by atoms with Crippen LogP contribution in [0.3, 0.4) is 0 Å². The van der Waals surface area contributed by atoms with Gasteiger partial charge in [0.2, 0.25) is 5.91 Å². The number of H-pyrrole nitrogens is 1. The molecule has 142 valence electrons. The normalized spacial score (nSPS) is 12.3. The molecule has 0 spiro atoms. The minimum atomic E-state index is -0.316. The minimum Gasteiger partial charge on any atom is -0.394 e. The maximum Gasteiger partial charge on any atom is 0.266 e. The molecule has 7 heteroatoms. The van der Waals surface area contributed by atoms with E-state index in [9.17, 15) is 14.7 Å². The van der Waals surface area contributed by atoms with Crippen LogP contribution in [0.5, 0.6) is 0 Å². The number of nitrogens with zero attached hydrogens (tertiary/aromatic N) is 2. The summed E-state index contributed by atoms with van der Waals surface area (Å²) in [5, 5.41) is 15.2. The molecule has 0 unspecified atom stereocenters. The molecule has 3 rings (SSSR count). The molecular formula is C20H24N4O3. The zero-order valence-electron chi connectivity index (χ0n) is 15.5. The van der Waals surface area contributed by atoms with Crippen molar-refractivity contribution < 1.29 is 9.90 Å². The third-order valence-electron chi connectivity index (χ3n) is 4.71. The highest BCUT2D eigenvalue weighted by atomic mass is 16.3. The number of rotatable bonds is 7. The van der Waals surface area contributed by atoms with Gasteiger partial charge in [-0.25, -0.2) is 9.50 Å². The highest BCUT2D eigenvalue weighted by molar-refractivity contribution is 5.76. The van der Waals surface area contributed by atoms with Crippen molar-refractivity contribution in [2.45, 2.75) is 39.2 Å². The monoisotopic (exact) mass is 368 g/mol. The Morgan fingerprint density at radius 2 is 2.04 bits per heavy atom. The molecule has 1 atom stereocenters. The molecule has 2 aromatic heterocycles. The predicted octanol–water partition coefficient (Wildman–Crippen LogP) is 1.29. The van der Waals surface area contributed by atoms with Gasteiger partial charge in [0, 0.05) is 23.9 Å². The average molecular weight is 368 g/mol. The van der Waals surface area contributed by atoms with Crippen molar-refractivity contribution in [3.8, 4) is 0 Å². The lowest BCUT2D eigenvalue weighted by molar-refractivity contribution is -0.122. The smallest absolute Gasteiger partial charge is 0.266 e. The topological polar surface area (TPSA) is 99.5 Å². The zero-order chi connectivity index (χ0) is 19.4. The van der Waals surface area contributed by atoms with Gasteiger partial charge in [0.25, 0.3) is 5.56 Å². The summed E-state index contributed by atoms with van der Waals surface area (Å²) in [7, 11) is 0. The van der Waals surface area contributed by atoms with Crippen LogP contribution in [-0.2, 0) is 17.6 Å². The lowest BCUT2D eigenvalue weighted by Crippen LogP contribution is -2.39. The number of aliphatic hydroxyl groups is 1. The second-order valence-corrected chi connectivity index (χ2v) is 6.71. The van der Waals surface area contributed by atoms with E-state index < -0.39 is 0 Å². The van der Waals surface area contributed by atoms with Crippen LogP contribution < -0.4 is 10.9 Å². The molecule has 2 heterocycles. The molecule has 0 aliphatic carbocycles. The third-order valence-corrected chi connectivity index (χ3v) is 4.71. The number of aromatic nitrogens is 3. The molecule has 3 N–H and O–H groups in total. The molecule has 0 aliphatic heterocycles. The molecule has 0 radical (unpaired) electrons. The Morgan fingerprint density at radius 1 is 1.30 bits per heavy atom. The number of amides is 1. The second-order valence-electron chi connectivity index (χ2n) is 6.71. The maximum absolute atomic E-state index is 12.4. The van der Waals surface area contributed by atoms with Gasteiger partial charge in [-0.2, -0.15) is 0 Å². The van der Waals surface area contributed by atoms with E-state index in [0.717, 1.165) is 22.5 Å². The van der Waals surface area contributed by atoms with E-state index in [1.54, 1.807) is 4.52 Å². The number of carbonyl (C=O) groups excluding carboxylic acids is 1. The molecule has 1 aromatic carbocycles. The number of fused-ring (bicyclic) bond motifs is 1. The van der Waals surface area contributed by atoms with Gasteiger partial charge in [-0.1, -0.05) is 30.3 Å². The van der Waals surface area contributed by atoms with Gasteiger partial charge in [-0.05, 0) is 37.8 Å². The fourth-order valence-corrected chi connectivity index (χ4v) is 3.32. The summed E-state index contributed by atoms with van der Waals surface area (Å²) in [5.41, 5.74) is 4.05. The Morgan fingerprint density at radius 3 is 2.74 bits per heavy atom. The number of hydrogen-bond donors (Lipinski definition) is 3. The molecule has 0 saturated carbocycles. The van der Waals surface area contributed by atoms with Gasteiger partial charge in [0.15, 0.2) is 5.65 Å². The van der Waals surface area contributed by atoms with E-state index in [1.807, 2.05) is 44.2 Å². The van der Waals surface area contributed by atoms with Crippen molar-refractivity contribution in [3.63, 3.8) is 0 Å². The fraction of sp³-hybridized carbons (Fsp3) is 0.350. The molecule has 0 aliphatic rings. The molecule has 27 heavy (non-hydrogen) atoms. The fourth-order valence-electron chi connectivity index (χ4n) is 3.32. The summed E-state index contributed by atoms with van der Waals surface area (Å²) >= 11 is 0. The number of aromatic amines is 1. The largest absolute Gasteiger partial charge is 0.394 e.